The zero-order chi connectivity index (χ0) is 27.6. The molecular weight excluding hydrogens is 521 g/mol. The molecule has 39 heavy (non-hydrogen) atoms. The fourth-order valence-electron chi connectivity index (χ4n) is 4.04. The van der Waals surface area contributed by atoms with Crippen LogP contribution in [0.15, 0.2) is 59.4 Å². The molecule has 0 aliphatic carbocycles. The van der Waals surface area contributed by atoms with Crippen molar-refractivity contribution < 1.29 is 31.2 Å². The second kappa shape index (κ2) is 10.8. The second-order valence-electron chi connectivity index (χ2n) is 8.79. The molecule has 0 unspecified atom stereocenters. The van der Waals surface area contributed by atoms with Crippen molar-refractivity contribution in [1.82, 2.24) is 24.9 Å². The summed E-state index contributed by atoms with van der Waals surface area (Å²) in [7, 11) is 0. The van der Waals surface area contributed by atoms with Gasteiger partial charge < -0.3 is 9.26 Å². The van der Waals surface area contributed by atoms with Crippen LogP contribution in [0.5, 0.6) is 5.75 Å². The summed E-state index contributed by atoms with van der Waals surface area (Å²) in [6.45, 7) is 2.61. The van der Waals surface area contributed by atoms with Gasteiger partial charge in [-0.3, -0.25) is 4.68 Å². The van der Waals surface area contributed by atoms with E-state index in [2.05, 4.69) is 20.2 Å². The van der Waals surface area contributed by atoms with Gasteiger partial charge in [0.25, 0.3) is 0 Å². The Morgan fingerprint density at radius 3 is 2.59 bits per heavy atom. The third-order valence-corrected chi connectivity index (χ3v) is 5.92. The number of rotatable bonds is 9. The molecule has 0 N–H and O–H groups in total. The lowest BCUT2D eigenvalue weighted by molar-refractivity contribution is -0.137. The number of benzene rings is 2. The van der Waals surface area contributed by atoms with Crippen LogP contribution in [-0.2, 0) is 19.1 Å². The Bertz CT molecular complexity index is 1560. The van der Waals surface area contributed by atoms with Crippen LogP contribution in [0, 0.1) is 11.6 Å². The average Bonchev–Trinajstić information content (AvgIpc) is 3.55. The van der Waals surface area contributed by atoms with E-state index in [9.17, 15) is 22.0 Å². The number of halogens is 5. The van der Waals surface area contributed by atoms with Gasteiger partial charge in [0, 0.05) is 24.6 Å². The van der Waals surface area contributed by atoms with Gasteiger partial charge >= 0.3 is 6.18 Å². The normalized spacial score (nSPS) is 11.8. The number of ether oxygens (including phenoxy) is 1. The largest absolute Gasteiger partial charge is 0.494 e. The van der Waals surface area contributed by atoms with E-state index < -0.39 is 23.4 Å². The first-order valence-corrected chi connectivity index (χ1v) is 12.2. The molecule has 5 rings (SSSR count). The summed E-state index contributed by atoms with van der Waals surface area (Å²) in [6, 6.07) is 9.06. The Kier molecular flexibility index (Phi) is 7.27. The van der Waals surface area contributed by atoms with E-state index in [-0.39, 0.29) is 28.4 Å². The van der Waals surface area contributed by atoms with E-state index in [1.165, 1.54) is 36.5 Å². The Morgan fingerprint density at radius 1 is 0.974 bits per heavy atom. The first kappa shape index (κ1) is 26.3. The molecule has 7 nitrogen and oxygen atoms in total. The summed E-state index contributed by atoms with van der Waals surface area (Å²) in [5, 5.41) is 8.12. The molecule has 3 heterocycles. The molecule has 0 amide bonds. The van der Waals surface area contributed by atoms with E-state index in [0.29, 0.717) is 49.6 Å². The van der Waals surface area contributed by atoms with Crippen molar-refractivity contribution in [3.05, 3.63) is 77.8 Å². The minimum Gasteiger partial charge on any atom is -0.494 e. The molecule has 12 heteroatoms. The summed E-state index contributed by atoms with van der Waals surface area (Å²) in [4.78, 5) is 8.52. The van der Waals surface area contributed by atoms with Crippen molar-refractivity contribution in [3.63, 3.8) is 0 Å². The van der Waals surface area contributed by atoms with Crippen LogP contribution in [0.25, 0.3) is 34.0 Å². The molecule has 2 aliphatic rings. The number of hydrogen-bond acceptors (Lipinski definition) is 6. The second-order valence-corrected chi connectivity index (χ2v) is 8.79. The molecule has 2 aromatic carbocycles. The molecule has 1 aromatic heterocycles. The van der Waals surface area contributed by atoms with Gasteiger partial charge in [0.15, 0.2) is 17.5 Å². The van der Waals surface area contributed by atoms with Crippen molar-refractivity contribution in [2.75, 3.05) is 6.61 Å². The number of aryl methyl sites for hydroxylation is 2. The zero-order valence-corrected chi connectivity index (χ0v) is 20.7. The summed E-state index contributed by atoms with van der Waals surface area (Å²) < 4.78 is 81.1. The number of alkyl halides is 3. The van der Waals surface area contributed by atoms with Gasteiger partial charge in [-0.15, -0.1) is 0 Å². The number of hydrogen-bond donors (Lipinski definition) is 0. The van der Waals surface area contributed by atoms with Gasteiger partial charge in [-0.05, 0) is 43.2 Å². The lowest BCUT2D eigenvalue weighted by Crippen LogP contribution is -2.08. The Morgan fingerprint density at radius 2 is 1.79 bits per heavy atom. The van der Waals surface area contributed by atoms with Crippen molar-refractivity contribution >= 4 is 0 Å². The minimum absolute atomic E-state index is 0.0457. The van der Waals surface area contributed by atoms with Crippen LogP contribution < -0.4 is 4.74 Å². The molecule has 3 aromatic rings. The molecule has 0 saturated heterocycles. The summed E-state index contributed by atoms with van der Waals surface area (Å²) >= 11 is 0. The van der Waals surface area contributed by atoms with E-state index in [0.717, 1.165) is 12.1 Å². The van der Waals surface area contributed by atoms with Crippen LogP contribution in [-0.4, -0.2) is 31.5 Å². The highest BCUT2D eigenvalue weighted by Gasteiger charge is 2.35. The predicted octanol–water partition coefficient (Wildman–Crippen LogP) is 6.82. The van der Waals surface area contributed by atoms with Gasteiger partial charge in [-0.2, -0.15) is 18.3 Å². The van der Waals surface area contributed by atoms with Gasteiger partial charge in [-0.25, -0.2) is 18.7 Å². The number of imidazole rings is 1. The molecular formula is C27H22F5N5O2. The number of nitrogens with zero attached hydrogens (tertiary/aromatic N) is 5. The van der Waals surface area contributed by atoms with E-state index in [4.69, 9.17) is 9.26 Å². The van der Waals surface area contributed by atoms with Gasteiger partial charge in [0.1, 0.15) is 28.6 Å². The van der Waals surface area contributed by atoms with Crippen molar-refractivity contribution in [2.24, 2.45) is 0 Å². The molecule has 0 fully saturated rings. The van der Waals surface area contributed by atoms with Crippen LogP contribution in [0.1, 0.15) is 31.1 Å². The smallest absolute Gasteiger partial charge is 0.417 e. The molecule has 0 atom stereocenters. The third-order valence-electron chi connectivity index (χ3n) is 5.92. The molecule has 0 spiro atoms. The molecule has 0 radical (unpaired) electrons. The Balaban J connectivity index is 1.27. The lowest BCUT2D eigenvalue weighted by Gasteiger charge is -2.13. The van der Waals surface area contributed by atoms with E-state index in [1.807, 2.05) is 6.92 Å². The summed E-state index contributed by atoms with van der Waals surface area (Å²) in [5.41, 5.74) is -0.0279. The molecule has 2 aliphatic heterocycles. The predicted molar refractivity (Wildman–Crippen MR) is 131 cm³/mol. The highest BCUT2D eigenvalue weighted by atomic mass is 19.4. The average molecular weight is 543 g/mol. The van der Waals surface area contributed by atoms with Crippen molar-refractivity contribution in [3.8, 4) is 39.8 Å². The standard InChI is InChI=1S/C27H22F5N5O2/c1-2-11-38-16-8-9-18(20(12-16)27(30,31)32)22-13-17(39-36-22)5-4-10-37-15-24-23(14-33-37)34-26(35-24)19-6-3-7-21(28)25(19)29/h3,6-9,12-15H,2,4-5,10-11H2,1H3. The highest BCUT2D eigenvalue weighted by Crippen LogP contribution is 2.39. The maximum Gasteiger partial charge on any atom is 0.417 e. The monoisotopic (exact) mass is 543 g/mol. The SMILES string of the molecule is CCCOc1ccc(-c2cc(CCCn3cc4nc(-c5cccc(F)c5F)nc-4cn3)on2)c(C(F)(F)F)c1. The lowest BCUT2D eigenvalue weighted by atomic mass is 10.0. The fraction of sp³-hybridized carbons (Fsp3) is 0.259. The number of aromatic nitrogens is 5. The van der Waals surface area contributed by atoms with E-state index >= 15 is 0 Å². The quantitative estimate of drug-likeness (QED) is 0.190. The Labute approximate surface area is 219 Å². The van der Waals surface area contributed by atoms with E-state index in [1.54, 1.807) is 10.9 Å². The fourth-order valence-corrected chi connectivity index (χ4v) is 4.04. The maximum atomic E-state index is 14.1. The summed E-state index contributed by atoms with van der Waals surface area (Å²) in [6.07, 6.45) is 0.117. The van der Waals surface area contributed by atoms with Crippen LogP contribution in [0.4, 0.5) is 22.0 Å². The molecule has 0 bridgehead atoms. The first-order chi connectivity index (χ1) is 18.7. The summed E-state index contributed by atoms with van der Waals surface area (Å²) in [5.74, 6) is -1.40. The highest BCUT2D eigenvalue weighted by molar-refractivity contribution is 5.66. The third kappa shape index (κ3) is 5.74. The minimum atomic E-state index is -4.59. The van der Waals surface area contributed by atoms with Gasteiger partial charge in [-0.1, -0.05) is 18.1 Å². The zero-order valence-electron chi connectivity index (χ0n) is 20.7. The molecule has 202 valence electrons. The topological polar surface area (TPSA) is 78.9 Å². The number of fused-ring (bicyclic) bond motifs is 1. The van der Waals surface area contributed by atoms with Gasteiger partial charge in [0.2, 0.25) is 0 Å². The van der Waals surface area contributed by atoms with Crippen molar-refractivity contribution in [1.29, 1.82) is 0 Å². The first-order valence-electron chi connectivity index (χ1n) is 12.2. The van der Waals surface area contributed by atoms with Crippen LogP contribution >= 0.6 is 0 Å². The maximum absolute atomic E-state index is 14.1. The van der Waals surface area contributed by atoms with Crippen LogP contribution in [0.2, 0.25) is 0 Å². The molecule has 0 saturated carbocycles. The van der Waals surface area contributed by atoms with Crippen LogP contribution in [0.3, 0.4) is 0 Å². The Hall–Kier alpha value is -4.35. The van der Waals surface area contributed by atoms with Gasteiger partial charge in [0.05, 0.1) is 30.1 Å². The van der Waals surface area contributed by atoms with Crippen molar-refractivity contribution in [2.45, 2.75) is 38.9 Å².